The van der Waals surface area contributed by atoms with Crippen LogP contribution in [0.2, 0.25) is 0 Å². The number of hydrogen-bond donors (Lipinski definition) is 2. The molecule has 42 heavy (non-hydrogen) atoms. The van der Waals surface area contributed by atoms with Crippen LogP contribution in [0.25, 0.3) is 38.2 Å². The summed E-state index contributed by atoms with van der Waals surface area (Å²) in [5.41, 5.74) is 11.6. The number of likely N-dealkylation sites (N-methyl/N-ethyl adjacent to an activating group) is 1. The third kappa shape index (κ3) is 6.18. The molecule has 0 aliphatic rings. The number of amides is 1. The van der Waals surface area contributed by atoms with E-state index in [4.69, 9.17) is 10.5 Å². The quantitative estimate of drug-likeness (QED) is 0.193. The fourth-order valence-electron chi connectivity index (χ4n) is 5.18. The molecule has 0 fully saturated rings. The number of hydrogen-bond acceptors (Lipinski definition) is 7. The maximum absolute atomic E-state index is 13.2. The number of pyridine rings is 1. The predicted octanol–water partition coefficient (Wildman–Crippen LogP) is 6.19. The second-order valence-corrected chi connectivity index (χ2v) is 11.7. The number of nitrogens with one attached hydrogen (secondary N) is 1. The summed E-state index contributed by atoms with van der Waals surface area (Å²) in [4.78, 5) is 22.3. The van der Waals surface area contributed by atoms with Crippen molar-refractivity contribution in [2.45, 2.75) is 6.42 Å². The predicted molar refractivity (Wildman–Crippen MR) is 177 cm³/mol. The molecular formula is C33H38N6O2S. The van der Waals surface area contributed by atoms with Gasteiger partial charge in [-0.1, -0.05) is 36.4 Å². The van der Waals surface area contributed by atoms with Crippen LogP contribution in [-0.4, -0.2) is 73.1 Å². The van der Waals surface area contributed by atoms with Gasteiger partial charge in [0.15, 0.2) is 0 Å². The van der Waals surface area contributed by atoms with Gasteiger partial charge < -0.3 is 30.2 Å². The van der Waals surface area contributed by atoms with Gasteiger partial charge in [0, 0.05) is 51.9 Å². The van der Waals surface area contributed by atoms with E-state index in [1.165, 1.54) is 0 Å². The topological polar surface area (TPSA) is 88.7 Å². The number of nitrogen functional groups attached to an aromatic ring is 1. The van der Waals surface area contributed by atoms with Crippen LogP contribution in [0.3, 0.4) is 0 Å². The number of benzene rings is 2. The Bertz CT molecular complexity index is 1750. The number of thiophene rings is 1. The highest BCUT2D eigenvalue weighted by atomic mass is 32.1. The van der Waals surface area contributed by atoms with Gasteiger partial charge >= 0.3 is 0 Å². The van der Waals surface area contributed by atoms with Crippen molar-refractivity contribution in [3.63, 3.8) is 0 Å². The summed E-state index contributed by atoms with van der Waals surface area (Å²) in [7, 11) is 9.84. The Hall–Kier alpha value is -4.18. The Balaban J connectivity index is 1.37. The van der Waals surface area contributed by atoms with Crippen LogP contribution < -0.4 is 15.8 Å². The molecule has 3 heterocycles. The Morgan fingerprint density at radius 2 is 1.95 bits per heavy atom. The van der Waals surface area contributed by atoms with Crippen LogP contribution in [0.15, 0.2) is 66.2 Å². The van der Waals surface area contributed by atoms with Crippen molar-refractivity contribution in [1.82, 2.24) is 19.4 Å². The van der Waals surface area contributed by atoms with Crippen LogP contribution in [0.4, 0.5) is 11.5 Å². The summed E-state index contributed by atoms with van der Waals surface area (Å²) in [5, 5.41) is 7.08. The minimum atomic E-state index is -0.200. The zero-order chi connectivity index (χ0) is 29.8. The largest absolute Gasteiger partial charge is 0.495 e. The number of nitrogens with two attached hydrogens (primary N) is 1. The highest BCUT2D eigenvalue weighted by Gasteiger charge is 2.18. The molecule has 9 heteroatoms. The van der Waals surface area contributed by atoms with Crippen molar-refractivity contribution in [2.75, 3.05) is 58.9 Å². The molecular weight excluding hydrogens is 544 g/mol. The summed E-state index contributed by atoms with van der Waals surface area (Å²) < 4.78 is 8.70. The van der Waals surface area contributed by atoms with Crippen molar-refractivity contribution in [2.24, 2.45) is 7.05 Å². The molecule has 0 radical (unpaired) electrons. The van der Waals surface area contributed by atoms with Crippen LogP contribution in [0.1, 0.15) is 22.5 Å². The second kappa shape index (κ2) is 12.8. The molecule has 0 aliphatic heterocycles. The first kappa shape index (κ1) is 29.3. The van der Waals surface area contributed by atoms with E-state index in [2.05, 4.69) is 58.8 Å². The fraction of sp³-hybridized carbons (Fsp3) is 0.273. The molecule has 0 spiro atoms. The highest BCUT2D eigenvalue weighted by Crippen LogP contribution is 2.41. The molecule has 1 amide bonds. The molecule has 0 bridgehead atoms. The summed E-state index contributed by atoms with van der Waals surface area (Å²) >= 11 is 1.65. The molecule has 3 N–H and O–H groups in total. The maximum Gasteiger partial charge on any atom is 0.272 e. The zero-order valence-electron chi connectivity index (χ0n) is 24.8. The lowest BCUT2D eigenvalue weighted by Crippen LogP contribution is -2.23. The van der Waals surface area contributed by atoms with E-state index in [9.17, 15) is 4.79 Å². The lowest BCUT2D eigenvalue weighted by molar-refractivity contribution is 0.101. The third-order valence-corrected chi connectivity index (χ3v) is 8.49. The number of fused-ring (bicyclic) bond motifs is 2. The van der Waals surface area contributed by atoms with Gasteiger partial charge in [0.1, 0.15) is 17.3 Å². The van der Waals surface area contributed by atoms with Gasteiger partial charge in [-0.05, 0) is 75.9 Å². The Labute approximate surface area is 251 Å². The molecule has 218 valence electrons. The summed E-state index contributed by atoms with van der Waals surface area (Å²) in [6.07, 6.45) is 7.28. The standard InChI is InChI=1S/C33H38N6O2S/c1-37(2)15-9-17-38(3)16-8-11-24-20-35-32(34)30-25(21-42-31(24)30)22-13-14-26(29(19-22)41-5)36-33(40)28-18-23-10-6-7-12-27(23)39(28)4/h6-8,10-14,18-21H,9,15-17H2,1-5H3,(H2,34,35)(H,36,40)/b11-8+. The van der Waals surface area contributed by atoms with E-state index < -0.39 is 0 Å². The molecule has 0 saturated carbocycles. The first-order chi connectivity index (χ1) is 20.3. The lowest BCUT2D eigenvalue weighted by Gasteiger charge is -2.16. The minimum absolute atomic E-state index is 0.200. The fourth-order valence-corrected chi connectivity index (χ4v) is 6.26. The highest BCUT2D eigenvalue weighted by molar-refractivity contribution is 7.18. The molecule has 8 nitrogen and oxygen atoms in total. The second-order valence-electron chi connectivity index (χ2n) is 10.8. The van der Waals surface area contributed by atoms with E-state index in [0.29, 0.717) is 22.9 Å². The molecule has 0 atom stereocenters. The van der Waals surface area contributed by atoms with Crippen LogP contribution in [0.5, 0.6) is 5.75 Å². The van der Waals surface area contributed by atoms with Crippen molar-refractivity contribution in [3.05, 3.63) is 77.4 Å². The summed E-state index contributed by atoms with van der Waals surface area (Å²) in [6.45, 7) is 2.99. The number of carbonyl (C=O) groups is 1. The summed E-state index contributed by atoms with van der Waals surface area (Å²) in [5.74, 6) is 0.860. The zero-order valence-corrected chi connectivity index (χ0v) is 25.7. The third-order valence-electron chi connectivity index (χ3n) is 7.46. The number of para-hydroxylation sites is 1. The molecule has 5 rings (SSSR count). The summed E-state index contributed by atoms with van der Waals surface area (Å²) in [6, 6.07) is 15.6. The van der Waals surface area contributed by atoms with Gasteiger partial charge in [0.25, 0.3) is 5.91 Å². The van der Waals surface area contributed by atoms with Crippen LogP contribution in [0, 0.1) is 0 Å². The van der Waals surface area contributed by atoms with E-state index in [-0.39, 0.29) is 5.91 Å². The number of aromatic nitrogens is 2. The molecule has 5 aromatic rings. The van der Waals surface area contributed by atoms with Gasteiger partial charge in [-0.15, -0.1) is 11.3 Å². The first-order valence-electron chi connectivity index (χ1n) is 14.0. The van der Waals surface area contributed by atoms with Crippen molar-refractivity contribution >= 4 is 55.8 Å². The monoisotopic (exact) mass is 582 g/mol. The maximum atomic E-state index is 13.2. The molecule has 2 aromatic carbocycles. The number of rotatable bonds is 11. The number of nitrogens with zero attached hydrogens (tertiary/aromatic N) is 4. The Morgan fingerprint density at radius 1 is 1.14 bits per heavy atom. The minimum Gasteiger partial charge on any atom is -0.495 e. The van der Waals surface area contributed by atoms with Crippen molar-refractivity contribution in [1.29, 1.82) is 0 Å². The molecule has 3 aromatic heterocycles. The molecule has 0 unspecified atom stereocenters. The average molecular weight is 583 g/mol. The van der Waals surface area contributed by atoms with E-state index in [0.717, 1.165) is 63.7 Å². The average Bonchev–Trinajstić information content (AvgIpc) is 3.57. The number of ether oxygens (including phenoxy) is 1. The number of methoxy groups -OCH3 is 1. The van der Waals surface area contributed by atoms with E-state index >= 15 is 0 Å². The van der Waals surface area contributed by atoms with Crippen LogP contribution in [-0.2, 0) is 7.05 Å². The lowest BCUT2D eigenvalue weighted by atomic mass is 10.0. The Kier molecular flexibility index (Phi) is 8.91. The SMILES string of the molecule is COc1cc(-c2csc3c(/C=C/CN(C)CCCN(C)C)cnc(N)c23)ccc1NC(=O)c1cc2ccccc2n1C. The molecule has 0 saturated heterocycles. The van der Waals surface area contributed by atoms with Gasteiger partial charge in [0.05, 0.1) is 12.8 Å². The van der Waals surface area contributed by atoms with Crippen LogP contribution >= 0.6 is 11.3 Å². The van der Waals surface area contributed by atoms with Crippen molar-refractivity contribution < 1.29 is 9.53 Å². The van der Waals surface area contributed by atoms with Gasteiger partial charge in [0.2, 0.25) is 0 Å². The smallest absolute Gasteiger partial charge is 0.272 e. The normalized spacial score (nSPS) is 11.9. The number of aryl methyl sites for hydroxylation is 1. The molecule has 0 aliphatic carbocycles. The number of carbonyl (C=O) groups excluding carboxylic acids is 1. The van der Waals surface area contributed by atoms with E-state index in [1.54, 1.807) is 18.4 Å². The van der Waals surface area contributed by atoms with Gasteiger partial charge in [-0.2, -0.15) is 0 Å². The first-order valence-corrected chi connectivity index (χ1v) is 14.8. The van der Waals surface area contributed by atoms with Gasteiger partial charge in [-0.3, -0.25) is 4.79 Å². The van der Waals surface area contributed by atoms with Crippen molar-refractivity contribution in [3.8, 4) is 16.9 Å². The van der Waals surface area contributed by atoms with E-state index in [1.807, 2.05) is 66.3 Å². The van der Waals surface area contributed by atoms with Gasteiger partial charge in [-0.25, -0.2) is 4.98 Å². The Morgan fingerprint density at radius 3 is 2.71 bits per heavy atom. The number of anilines is 2.